The highest BCUT2D eigenvalue weighted by atomic mass is 14.1. The van der Waals surface area contributed by atoms with Gasteiger partial charge in [0.25, 0.3) is 0 Å². The minimum absolute atomic E-state index is 1.32. The molecule has 0 aliphatic heterocycles. The smallest absolute Gasteiger partial charge is 0.0146 e. The largest absolute Gasteiger partial charge is 0.0587 e. The molecule has 0 aromatic heterocycles. The summed E-state index contributed by atoms with van der Waals surface area (Å²) >= 11 is 0. The van der Waals surface area contributed by atoms with Gasteiger partial charge in [-0.25, -0.2) is 0 Å². The van der Waals surface area contributed by atoms with Gasteiger partial charge in [-0.3, -0.25) is 0 Å². The van der Waals surface area contributed by atoms with E-state index in [4.69, 9.17) is 0 Å². The Hall–Kier alpha value is -3.64. The van der Waals surface area contributed by atoms with E-state index in [1.807, 2.05) is 0 Å². The summed E-state index contributed by atoms with van der Waals surface area (Å²) < 4.78 is 0. The van der Waals surface area contributed by atoms with Crippen molar-refractivity contribution in [2.75, 3.05) is 0 Å². The van der Waals surface area contributed by atoms with Gasteiger partial charge in [0, 0.05) is 0 Å². The van der Waals surface area contributed by atoms with Crippen molar-refractivity contribution in [1.29, 1.82) is 0 Å². The summed E-state index contributed by atoms with van der Waals surface area (Å²) in [5.41, 5.74) is 8.13. The number of rotatable bonds is 0. The van der Waals surface area contributed by atoms with E-state index in [2.05, 4.69) is 126 Å². The summed E-state index contributed by atoms with van der Waals surface area (Å²) in [6, 6.07) is 31.5. The molecule has 0 bridgehead atoms. The van der Waals surface area contributed by atoms with Crippen LogP contribution in [0.25, 0.3) is 43.1 Å². The molecule has 6 aromatic rings. The maximum absolute atomic E-state index is 2.31. The fourth-order valence-corrected chi connectivity index (χ4v) is 4.85. The molecule has 0 heteroatoms. The molecule has 0 nitrogen and oxygen atoms in total. The van der Waals surface area contributed by atoms with E-state index in [-0.39, 0.29) is 0 Å². The monoisotopic (exact) mass is 440 g/mol. The van der Waals surface area contributed by atoms with Crippen LogP contribution >= 0.6 is 0 Å². The van der Waals surface area contributed by atoms with E-state index in [1.54, 1.807) is 0 Å². The van der Waals surface area contributed by atoms with Gasteiger partial charge in [0.15, 0.2) is 0 Å². The minimum Gasteiger partial charge on any atom is -0.0587 e. The summed E-state index contributed by atoms with van der Waals surface area (Å²) in [5.74, 6) is 0. The Morgan fingerprint density at radius 2 is 0.765 bits per heavy atom. The third kappa shape index (κ3) is 4.17. The van der Waals surface area contributed by atoms with E-state index >= 15 is 0 Å². The average Bonchev–Trinajstić information content (AvgIpc) is 2.81. The van der Waals surface area contributed by atoms with Crippen LogP contribution in [0.15, 0.2) is 84.9 Å². The highest BCUT2D eigenvalue weighted by Crippen LogP contribution is 2.28. The third-order valence-corrected chi connectivity index (χ3v) is 7.24. The predicted molar refractivity (Wildman–Crippen MR) is 151 cm³/mol. The summed E-state index contributed by atoms with van der Waals surface area (Å²) in [4.78, 5) is 0. The van der Waals surface area contributed by atoms with E-state index in [9.17, 15) is 0 Å². The summed E-state index contributed by atoms with van der Waals surface area (Å²) in [6.45, 7) is 13.0. The lowest BCUT2D eigenvalue weighted by molar-refractivity contribution is 1.37. The van der Waals surface area contributed by atoms with Crippen molar-refractivity contribution in [3.63, 3.8) is 0 Å². The molecule has 0 radical (unpaired) electrons. The molecule has 0 atom stereocenters. The van der Waals surface area contributed by atoms with Gasteiger partial charge < -0.3 is 0 Å². The molecule has 0 heterocycles. The van der Waals surface area contributed by atoms with Crippen LogP contribution in [0.5, 0.6) is 0 Å². The lowest BCUT2D eigenvalue weighted by atomic mass is 9.97. The number of benzene rings is 6. The number of aryl methyl sites for hydroxylation is 6. The third-order valence-electron chi connectivity index (χ3n) is 7.24. The molecule has 0 unspecified atom stereocenters. The first kappa shape index (κ1) is 22.2. The van der Waals surface area contributed by atoms with Crippen LogP contribution in [0.4, 0.5) is 0 Å². The van der Waals surface area contributed by atoms with Gasteiger partial charge in [-0.1, -0.05) is 71.8 Å². The van der Waals surface area contributed by atoms with Crippen LogP contribution in [0.3, 0.4) is 0 Å². The Bertz CT molecular complexity index is 1680. The summed E-state index contributed by atoms with van der Waals surface area (Å²) in [5, 5.41) is 10.7. The van der Waals surface area contributed by atoms with Gasteiger partial charge in [-0.2, -0.15) is 0 Å². The minimum atomic E-state index is 1.32. The summed E-state index contributed by atoms with van der Waals surface area (Å²) in [6.07, 6.45) is 0. The second-order valence-corrected chi connectivity index (χ2v) is 9.92. The number of hydrogen-bond donors (Lipinski definition) is 0. The maximum atomic E-state index is 2.31. The second kappa shape index (κ2) is 8.61. The summed E-state index contributed by atoms with van der Waals surface area (Å²) in [7, 11) is 0. The number of hydrogen-bond acceptors (Lipinski definition) is 0. The lowest BCUT2D eigenvalue weighted by Crippen LogP contribution is -1.85. The lowest BCUT2D eigenvalue weighted by Gasteiger charge is -2.08. The Labute approximate surface area is 202 Å². The Morgan fingerprint density at radius 1 is 0.324 bits per heavy atom. The normalized spacial score (nSPS) is 11.2. The van der Waals surface area contributed by atoms with E-state index in [0.717, 1.165) is 0 Å². The molecule has 0 aliphatic rings. The molecule has 0 amide bonds. The molecule has 0 saturated heterocycles. The highest BCUT2D eigenvalue weighted by Gasteiger charge is 2.03. The van der Waals surface area contributed by atoms with Crippen molar-refractivity contribution in [2.45, 2.75) is 41.5 Å². The quantitative estimate of drug-likeness (QED) is 0.206. The van der Waals surface area contributed by atoms with Gasteiger partial charge >= 0.3 is 0 Å². The fourth-order valence-electron chi connectivity index (χ4n) is 4.85. The van der Waals surface area contributed by atoms with Gasteiger partial charge in [-0.15, -0.1) is 0 Å². The molecule has 0 spiro atoms. The van der Waals surface area contributed by atoms with Crippen molar-refractivity contribution in [1.82, 2.24) is 0 Å². The van der Waals surface area contributed by atoms with E-state index in [0.29, 0.717) is 0 Å². The molecular formula is C34H32. The van der Waals surface area contributed by atoms with Crippen LogP contribution in [-0.2, 0) is 0 Å². The first-order valence-corrected chi connectivity index (χ1v) is 12.1. The molecule has 168 valence electrons. The SMILES string of the molecule is Cc1ccc2cc3c(C)c(C)ccc3cc2c1.Cc1ccc2cc3cc(C)c(C)cc3cc2c1. The van der Waals surface area contributed by atoms with E-state index < -0.39 is 0 Å². The van der Waals surface area contributed by atoms with Crippen molar-refractivity contribution < 1.29 is 0 Å². The van der Waals surface area contributed by atoms with E-state index in [1.165, 1.54) is 76.5 Å². The predicted octanol–water partition coefficient (Wildman–Crippen LogP) is 9.84. The Kier molecular flexibility index (Phi) is 5.62. The van der Waals surface area contributed by atoms with Crippen LogP contribution in [0.1, 0.15) is 33.4 Å². The van der Waals surface area contributed by atoms with Gasteiger partial charge in [0.05, 0.1) is 0 Å². The van der Waals surface area contributed by atoms with Crippen LogP contribution in [-0.4, -0.2) is 0 Å². The molecule has 34 heavy (non-hydrogen) atoms. The molecule has 6 rings (SSSR count). The zero-order chi connectivity index (χ0) is 24.0. The highest BCUT2D eigenvalue weighted by molar-refractivity contribution is 6.00. The number of fused-ring (bicyclic) bond motifs is 4. The zero-order valence-electron chi connectivity index (χ0n) is 21.1. The Balaban J connectivity index is 0.000000142. The molecule has 0 saturated carbocycles. The van der Waals surface area contributed by atoms with Crippen molar-refractivity contribution >= 4 is 43.1 Å². The van der Waals surface area contributed by atoms with Gasteiger partial charge in [0.2, 0.25) is 0 Å². The van der Waals surface area contributed by atoms with Crippen LogP contribution < -0.4 is 0 Å². The Morgan fingerprint density at radius 3 is 1.35 bits per heavy atom. The molecule has 6 aromatic carbocycles. The van der Waals surface area contributed by atoms with Gasteiger partial charge in [-0.05, 0) is 131 Å². The first-order valence-electron chi connectivity index (χ1n) is 12.1. The molecule has 0 N–H and O–H groups in total. The second-order valence-electron chi connectivity index (χ2n) is 9.92. The van der Waals surface area contributed by atoms with Crippen LogP contribution in [0.2, 0.25) is 0 Å². The topological polar surface area (TPSA) is 0 Å². The van der Waals surface area contributed by atoms with Crippen molar-refractivity contribution in [3.05, 3.63) is 118 Å². The zero-order valence-corrected chi connectivity index (χ0v) is 21.1. The molecule has 0 fully saturated rings. The van der Waals surface area contributed by atoms with Crippen molar-refractivity contribution in [3.8, 4) is 0 Å². The fraction of sp³-hybridized carbons (Fsp3) is 0.176. The standard InChI is InChI=1S/2C17H16/c1-11-4-6-14-10-17-13(3)12(2)5-7-15(17)9-16(14)8-11;1-11-4-5-14-9-16-7-12(2)13(3)8-17(16)10-15(14)6-11/h2*4-10H,1-3H3. The molecule has 0 aliphatic carbocycles. The van der Waals surface area contributed by atoms with Crippen LogP contribution in [0, 0.1) is 41.5 Å². The first-order chi connectivity index (χ1) is 16.3. The maximum Gasteiger partial charge on any atom is -0.0146 e. The van der Waals surface area contributed by atoms with Gasteiger partial charge in [0.1, 0.15) is 0 Å². The van der Waals surface area contributed by atoms with Crippen molar-refractivity contribution in [2.24, 2.45) is 0 Å². The average molecular weight is 441 g/mol. The molecular weight excluding hydrogens is 408 g/mol.